The molecule has 0 saturated carbocycles. The first-order chi connectivity index (χ1) is 16.8. The van der Waals surface area contributed by atoms with Crippen molar-refractivity contribution in [1.82, 2.24) is 10.6 Å². The smallest absolute Gasteiger partial charge is 0.408 e. The van der Waals surface area contributed by atoms with E-state index < -0.39 is 30.0 Å². The molecule has 0 unspecified atom stereocenters. The van der Waals surface area contributed by atoms with E-state index in [0.29, 0.717) is 10.6 Å². The van der Waals surface area contributed by atoms with Crippen LogP contribution in [0.3, 0.4) is 0 Å². The number of rotatable bonds is 10. The van der Waals surface area contributed by atoms with E-state index in [0.717, 1.165) is 15.6 Å². The lowest BCUT2D eigenvalue weighted by molar-refractivity contribution is -0.128. The van der Waals surface area contributed by atoms with Crippen LogP contribution in [-0.2, 0) is 33.8 Å². The summed E-state index contributed by atoms with van der Waals surface area (Å²) >= 11 is 9.49. The molecular weight excluding hydrogens is 534 g/mol. The lowest BCUT2D eigenvalue weighted by atomic mass is 10.0. The molecule has 3 rings (SSSR count). The van der Waals surface area contributed by atoms with Crippen molar-refractivity contribution in [2.75, 3.05) is 0 Å². The molecule has 0 fully saturated rings. The molecular formula is C26H25BrClN3O4. The zero-order valence-corrected chi connectivity index (χ0v) is 21.1. The fourth-order valence-corrected chi connectivity index (χ4v) is 3.98. The van der Waals surface area contributed by atoms with Gasteiger partial charge in [-0.25, -0.2) is 4.79 Å². The zero-order chi connectivity index (χ0) is 25.2. The van der Waals surface area contributed by atoms with Gasteiger partial charge in [-0.15, -0.1) is 0 Å². The number of primary amides is 1. The summed E-state index contributed by atoms with van der Waals surface area (Å²) in [6.45, 7) is 0.0546. The Morgan fingerprint density at radius 3 is 2.11 bits per heavy atom. The standard InChI is InChI=1S/C26H25BrClN3O4/c27-21-12-11-20(28)14-19(21)15-22(24(29)32)30-25(33)23(13-17-7-3-1-4-8-17)31-26(34)35-16-18-9-5-2-6-10-18/h1-12,14,22-23H,13,15-16H2,(H2,29,32)(H,30,33)(H,31,34)/t22-,23-/m0/s1. The number of alkyl carbamates (subject to hydrolysis) is 1. The van der Waals surface area contributed by atoms with Gasteiger partial charge in [0, 0.05) is 22.3 Å². The van der Waals surface area contributed by atoms with Crippen LogP contribution in [0.1, 0.15) is 16.7 Å². The van der Waals surface area contributed by atoms with Crippen LogP contribution in [0.25, 0.3) is 0 Å². The normalized spacial score (nSPS) is 12.3. The molecule has 3 amide bonds. The van der Waals surface area contributed by atoms with E-state index in [1.165, 1.54) is 0 Å². The average molecular weight is 559 g/mol. The Morgan fingerprint density at radius 1 is 0.857 bits per heavy atom. The van der Waals surface area contributed by atoms with Gasteiger partial charge in [0.1, 0.15) is 18.7 Å². The Hall–Kier alpha value is -3.36. The highest BCUT2D eigenvalue weighted by Gasteiger charge is 2.27. The number of carbonyl (C=O) groups excluding carboxylic acids is 3. The summed E-state index contributed by atoms with van der Waals surface area (Å²) in [4.78, 5) is 37.8. The summed E-state index contributed by atoms with van der Waals surface area (Å²) in [6, 6.07) is 21.5. The first-order valence-electron chi connectivity index (χ1n) is 10.9. The molecule has 0 saturated heterocycles. The molecule has 0 aliphatic carbocycles. The average Bonchev–Trinajstić information content (AvgIpc) is 2.85. The van der Waals surface area contributed by atoms with Gasteiger partial charge < -0.3 is 21.1 Å². The van der Waals surface area contributed by atoms with Crippen LogP contribution in [0.2, 0.25) is 5.02 Å². The maximum atomic E-state index is 13.2. The molecule has 182 valence electrons. The van der Waals surface area contributed by atoms with Gasteiger partial charge in [0.05, 0.1) is 0 Å². The number of amides is 3. The molecule has 0 bridgehead atoms. The van der Waals surface area contributed by atoms with Crippen LogP contribution in [0.4, 0.5) is 4.79 Å². The Labute approximate surface area is 217 Å². The highest BCUT2D eigenvalue weighted by atomic mass is 79.9. The largest absolute Gasteiger partial charge is 0.445 e. The molecule has 0 heterocycles. The molecule has 4 N–H and O–H groups in total. The summed E-state index contributed by atoms with van der Waals surface area (Å²) in [5, 5.41) is 5.76. The molecule has 9 heteroatoms. The van der Waals surface area contributed by atoms with Crippen molar-refractivity contribution in [3.05, 3.63) is 105 Å². The number of carbonyl (C=O) groups is 3. The van der Waals surface area contributed by atoms with Crippen molar-refractivity contribution >= 4 is 45.4 Å². The summed E-state index contributed by atoms with van der Waals surface area (Å²) < 4.78 is 6.01. The summed E-state index contributed by atoms with van der Waals surface area (Å²) in [6.07, 6.45) is -0.434. The molecule has 0 aliphatic rings. The molecule has 3 aromatic carbocycles. The number of benzene rings is 3. The Morgan fingerprint density at radius 2 is 1.49 bits per heavy atom. The van der Waals surface area contributed by atoms with E-state index in [-0.39, 0.29) is 19.4 Å². The van der Waals surface area contributed by atoms with Gasteiger partial charge in [-0.1, -0.05) is 88.2 Å². The van der Waals surface area contributed by atoms with E-state index in [4.69, 9.17) is 22.1 Å². The molecule has 3 aromatic rings. The van der Waals surface area contributed by atoms with Crippen LogP contribution in [-0.4, -0.2) is 30.0 Å². The lowest BCUT2D eigenvalue weighted by Gasteiger charge is -2.22. The molecule has 0 aromatic heterocycles. The van der Waals surface area contributed by atoms with E-state index in [9.17, 15) is 14.4 Å². The van der Waals surface area contributed by atoms with Crippen molar-refractivity contribution in [3.63, 3.8) is 0 Å². The SMILES string of the molecule is NC(=O)[C@H](Cc1cc(Cl)ccc1Br)NC(=O)[C@H](Cc1ccccc1)NC(=O)OCc1ccccc1. The van der Waals surface area contributed by atoms with Crippen molar-refractivity contribution in [3.8, 4) is 0 Å². The third kappa shape index (κ3) is 8.42. The molecule has 0 spiro atoms. The van der Waals surface area contributed by atoms with E-state index in [2.05, 4.69) is 26.6 Å². The van der Waals surface area contributed by atoms with Crippen molar-refractivity contribution in [1.29, 1.82) is 0 Å². The summed E-state index contributed by atoms with van der Waals surface area (Å²) in [5.41, 5.74) is 7.91. The third-order valence-corrected chi connectivity index (χ3v) is 6.20. The number of hydrogen-bond donors (Lipinski definition) is 3. The highest BCUT2D eigenvalue weighted by molar-refractivity contribution is 9.10. The van der Waals surface area contributed by atoms with Crippen LogP contribution in [0, 0.1) is 0 Å². The molecule has 0 radical (unpaired) electrons. The molecule has 2 atom stereocenters. The monoisotopic (exact) mass is 557 g/mol. The van der Waals surface area contributed by atoms with Gasteiger partial charge in [0.25, 0.3) is 0 Å². The highest BCUT2D eigenvalue weighted by Crippen LogP contribution is 2.22. The van der Waals surface area contributed by atoms with Gasteiger partial charge in [-0.2, -0.15) is 0 Å². The van der Waals surface area contributed by atoms with E-state index >= 15 is 0 Å². The Kier molecular flexibility index (Phi) is 9.69. The van der Waals surface area contributed by atoms with Crippen molar-refractivity contribution in [2.45, 2.75) is 31.5 Å². The minimum absolute atomic E-state index is 0.0546. The summed E-state index contributed by atoms with van der Waals surface area (Å²) in [7, 11) is 0. The van der Waals surface area contributed by atoms with E-state index in [1.54, 1.807) is 18.2 Å². The van der Waals surface area contributed by atoms with Crippen molar-refractivity contribution < 1.29 is 19.1 Å². The number of ether oxygens (including phenoxy) is 1. The number of nitrogens with two attached hydrogens (primary N) is 1. The third-order valence-electron chi connectivity index (χ3n) is 5.20. The second-order valence-corrected chi connectivity index (χ2v) is 9.14. The molecule has 0 aliphatic heterocycles. The first-order valence-corrected chi connectivity index (χ1v) is 12.0. The zero-order valence-electron chi connectivity index (χ0n) is 18.7. The minimum atomic E-state index is -1.02. The fourth-order valence-electron chi connectivity index (χ4n) is 3.38. The maximum absolute atomic E-state index is 13.2. The lowest BCUT2D eigenvalue weighted by Crippen LogP contribution is -2.54. The minimum Gasteiger partial charge on any atom is -0.445 e. The van der Waals surface area contributed by atoms with Gasteiger partial charge >= 0.3 is 6.09 Å². The first kappa shape index (κ1) is 26.2. The predicted octanol–water partition coefficient (Wildman–Crippen LogP) is 4.15. The van der Waals surface area contributed by atoms with Crippen LogP contribution in [0.15, 0.2) is 83.3 Å². The van der Waals surface area contributed by atoms with Crippen LogP contribution in [0.5, 0.6) is 0 Å². The second kappa shape index (κ2) is 12.9. The quantitative estimate of drug-likeness (QED) is 0.347. The van der Waals surface area contributed by atoms with E-state index in [1.807, 2.05) is 60.7 Å². The van der Waals surface area contributed by atoms with Crippen LogP contribution < -0.4 is 16.4 Å². The maximum Gasteiger partial charge on any atom is 0.408 e. The van der Waals surface area contributed by atoms with Crippen LogP contribution >= 0.6 is 27.5 Å². The summed E-state index contributed by atoms with van der Waals surface area (Å²) in [5.74, 6) is -1.28. The Balaban J connectivity index is 1.71. The van der Waals surface area contributed by atoms with Gasteiger partial charge in [0.2, 0.25) is 11.8 Å². The predicted molar refractivity (Wildman–Crippen MR) is 138 cm³/mol. The van der Waals surface area contributed by atoms with Crippen molar-refractivity contribution in [2.24, 2.45) is 5.73 Å². The second-order valence-electron chi connectivity index (χ2n) is 7.85. The molecule has 7 nitrogen and oxygen atoms in total. The van der Waals surface area contributed by atoms with Gasteiger partial charge in [-0.3, -0.25) is 9.59 Å². The van der Waals surface area contributed by atoms with Gasteiger partial charge in [0.15, 0.2) is 0 Å². The number of nitrogens with one attached hydrogen (secondary N) is 2. The number of hydrogen-bond acceptors (Lipinski definition) is 4. The topological polar surface area (TPSA) is 111 Å². The molecule has 35 heavy (non-hydrogen) atoms. The fraction of sp³-hybridized carbons (Fsp3) is 0.192. The Bertz CT molecular complexity index is 1160. The van der Waals surface area contributed by atoms with Gasteiger partial charge in [-0.05, 0) is 34.9 Å². The number of halogens is 2.